The summed E-state index contributed by atoms with van der Waals surface area (Å²) in [7, 11) is 0. The lowest BCUT2D eigenvalue weighted by Gasteiger charge is -2.05. The predicted molar refractivity (Wildman–Crippen MR) is 69.6 cm³/mol. The monoisotopic (exact) mass is 249 g/mol. The van der Waals surface area contributed by atoms with Crippen LogP contribution in [0.2, 0.25) is 0 Å². The average molecular weight is 249 g/mol. The van der Waals surface area contributed by atoms with Gasteiger partial charge in [0.25, 0.3) is 0 Å². The Morgan fingerprint density at radius 1 is 1.05 bits per heavy atom. The van der Waals surface area contributed by atoms with Crippen molar-refractivity contribution in [1.29, 1.82) is 5.26 Å². The van der Waals surface area contributed by atoms with Gasteiger partial charge in [-0.15, -0.1) is 0 Å². The first-order valence-corrected chi connectivity index (χ1v) is 5.70. The molecule has 2 aromatic heterocycles. The van der Waals surface area contributed by atoms with Gasteiger partial charge >= 0.3 is 0 Å². The van der Waals surface area contributed by atoms with E-state index in [0.29, 0.717) is 27.9 Å². The third-order valence-electron chi connectivity index (χ3n) is 2.80. The third kappa shape index (κ3) is 2.02. The molecule has 0 atom stereocenters. The van der Waals surface area contributed by atoms with Crippen molar-refractivity contribution in [3.63, 3.8) is 0 Å². The molecule has 1 aromatic carbocycles. The molecule has 0 aliphatic rings. The molecule has 0 N–H and O–H groups in total. The largest absolute Gasteiger partial charge is 0.255 e. The van der Waals surface area contributed by atoms with Crippen molar-refractivity contribution in [3.8, 4) is 17.3 Å². The first kappa shape index (κ1) is 11.3. The quantitative estimate of drug-likeness (QED) is 0.664. The van der Waals surface area contributed by atoms with Crippen molar-refractivity contribution in [3.05, 3.63) is 60.0 Å². The molecule has 0 amide bonds. The lowest BCUT2D eigenvalue weighted by molar-refractivity contribution is 0.628. The van der Waals surface area contributed by atoms with E-state index in [0.717, 1.165) is 0 Å². The Balaban J connectivity index is 2.31. The number of hydrogen-bond donors (Lipinski definition) is 0. The fourth-order valence-electron chi connectivity index (χ4n) is 1.94. The summed E-state index contributed by atoms with van der Waals surface area (Å²) in [6.45, 7) is 0. The highest BCUT2D eigenvalue weighted by Gasteiger charge is 2.10. The normalized spacial score (nSPS) is 10.3. The van der Waals surface area contributed by atoms with E-state index in [-0.39, 0.29) is 5.82 Å². The van der Waals surface area contributed by atoms with Gasteiger partial charge in [0.1, 0.15) is 11.9 Å². The van der Waals surface area contributed by atoms with Gasteiger partial charge in [0.15, 0.2) is 0 Å². The fourth-order valence-corrected chi connectivity index (χ4v) is 1.94. The van der Waals surface area contributed by atoms with Crippen LogP contribution in [-0.2, 0) is 0 Å². The van der Waals surface area contributed by atoms with Crippen molar-refractivity contribution in [2.24, 2.45) is 0 Å². The van der Waals surface area contributed by atoms with Gasteiger partial charge in [-0.05, 0) is 30.3 Å². The first-order valence-electron chi connectivity index (χ1n) is 5.70. The number of nitrogens with zero attached hydrogens (tertiary/aromatic N) is 3. The second kappa shape index (κ2) is 4.46. The predicted octanol–water partition coefficient (Wildman–Crippen LogP) is 3.31. The molecule has 0 spiro atoms. The van der Waals surface area contributed by atoms with E-state index in [1.165, 1.54) is 12.1 Å². The lowest BCUT2D eigenvalue weighted by Crippen LogP contribution is -1.92. The fraction of sp³-hybridized carbons (Fsp3) is 0. The molecular formula is C15H8FN3. The molecule has 0 saturated carbocycles. The van der Waals surface area contributed by atoms with Crippen molar-refractivity contribution < 1.29 is 4.39 Å². The van der Waals surface area contributed by atoms with Crippen LogP contribution in [0, 0.1) is 17.1 Å². The molecule has 90 valence electrons. The van der Waals surface area contributed by atoms with Crippen LogP contribution in [0.4, 0.5) is 4.39 Å². The molecule has 0 fully saturated rings. The summed E-state index contributed by atoms with van der Waals surface area (Å²) in [5, 5.41) is 9.20. The Hall–Kier alpha value is -2.80. The van der Waals surface area contributed by atoms with E-state index in [4.69, 9.17) is 0 Å². The van der Waals surface area contributed by atoms with Gasteiger partial charge in [0, 0.05) is 11.8 Å². The van der Waals surface area contributed by atoms with E-state index in [2.05, 4.69) is 16.0 Å². The zero-order valence-electron chi connectivity index (χ0n) is 9.84. The molecule has 3 rings (SSSR count). The second-order valence-corrected chi connectivity index (χ2v) is 4.05. The number of fused-ring (bicyclic) bond motifs is 1. The summed E-state index contributed by atoms with van der Waals surface area (Å²) in [6.07, 6.45) is 1.65. The van der Waals surface area contributed by atoms with Crippen LogP contribution in [-0.4, -0.2) is 9.97 Å². The summed E-state index contributed by atoms with van der Waals surface area (Å²) in [4.78, 5) is 8.56. The highest BCUT2D eigenvalue weighted by atomic mass is 19.1. The SMILES string of the molecule is N#Cc1cc2ncccc2nc1-c1cccc(F)c1. The Morgan fingerprint density at radius 3 is 2.74 bits per heavy atom. The van der Waals surface area contributed by atoms with E-state index in [9.17, 15) is 9.65 Å². The van der Waals surface area contributed by atoms with Gasteiger partial charge in [-0.2, -0.15) is 5.26 Å². The van der Waals surface area contributed by atoms with Crippen LogP contribution in [0.25, 0.3) is 22.3 Å². The van der Waals surface area contributed by atoms with Crippen LogP contribution in [0.15, 0.2) is 48.7 Å². The Labute approximate surface area is 109 Å². The van der Waals surface area contributed by atoms with Gasteiger partial charge in [-0.1, -0.05) is 12.1 Å². The maximum absolute atomic E-state index is 13.3. The van der Waals surface area contributed by atoms with E-state index in [1.54, 1.807) is 30.5 Å². The maximum atomic E-state index is 13.3. The minimum Gasteiger partial charge on any atom is -0.255 e. The second-order valence-electron chi connectivity index (χ2n) is 4.05. The molecule has 0 aliphatic carbocycles. The summed E-state index contributed by atoms with van der Waals surface area (Å²) >= 11 is 0. The zero-order chi connectivity index (χ0) is 13.2. The van der Waals surface area contributed by atoms with E-state index >= 15 is 0 Å². The summed E-state index contributed by atoms with van der Waals surface area (Å²) in [5.41, 5.74) is 2.78. The minimum atomic E-state index is -0.352. The number of aromatic nitrogens is 2. The Kier molecular flexibility index (Phi) is 2.66. The van der Waals surface area contributed by atoms with Crippen LogP contribution in [0.1, 0.15) is 5.56 Å². The number of benzene rings is 1. The zero-order valence-corrected chi connectivity index (χ0v) is 9.84. The molecule has 0 unspecified atom stereocenters. The number of rotatable bonds is 1. The molecular weight excluding hydrogens is 241 g/mol. The lowest BCUT2D eigenvalue weighted by atomic mass is 10.1. The molecule has 3 aromatic rings. The van der Waals surface area contributed by atoms with E-state index < -0.39 is 0 Å². The van der Waals surface area contributed by atoms with Gasteiger partial charge in [-0.25, -0.2) is 9.37 Å². The van der Waals surface area contributed by atoms with Gasteiger partial charge in [-0.3, -0.25) is 4.98 Å². The number of hydrogen-bond acceptors (Lipinski definition) is 3. The van der Waals surface area contributed by atoms with Crippen LogP contribution >= 0.6 is 0 Å². The standard InChI is InChI=1S/C15H8FN3/c16-12-4-1-3-10(7-12)15-11(9-17)8-14-13(19-15)5-2-6-18-14/h1-8H. The molecule has 0 saturated heterocycles. The highest BCUT2D eigenvalue weighted by Crippen LogP contribution is 2.24. The van der Waals surface area contributed by atoms with E-state index in [1.807, 2.05) is 6.07 Å². The van der Waals surface area contributed by atoms with Crippen LogP contribution in [0.3, 0.4) is 0 Å². The Bertz CT molecular complexity index is 806. The van der Waals surface area contributed by atoms with Crippen molar-refractivity contribution >= 4 is 11.0 Å². The topological polar surface area (TPSA) is 49.6 Å². The molecule has 4 heteroatoms. The van der Waals surface area contributed by atoms with Gasteiger partial charge in [0.05, 0.1) is 22.3 Å². The maximum Gasteiger partial charge on any atom is 0.123 e. The number of pyridine rings is 2. The number of nitriles is 1. The smallest absolute Gasteiger partial charge is 0.123 e. The van der Waals surface area contributed by atoms with Crippen molar-refractivity contribution in [1.82, 2.24) is 9.97 Å². The first-order chi connectivity index (χ1) is 9.28. The molecule has 19 heavy (non-hydrogen) atoms. The third-order valence-corrected chi connectivity index (χ3v) is 2.80. The van der Waals surface area contributed by atoms with Crippen molar-refractivity contribution in [2.45, 2.75) is 0 Å². The molecule has 2 heterocycles. The average Bonchev–Trinajstić information content (AvgIpc) is 2.46. The number of halogens is 1. The summed E-state index contributed by atoms with van der Waals surface area (Å²) in [5.74, 6) is -0.352. The Morgan fingerprint density at radius 2 is 1.95 bits per heavy atom. The minimum absolute atomic E-state index is 0.352. The summed E-state index contributed by atoms with van der Waals surface area (Å²) in [6, 6.07) is 13.4. The molecule has 0 aliphatic heterocycles. The van der Waals surface area contributed by atoms with Crippen LogP contribution in [0.5, 0.6) is 0 Å². The molecule has 3 nitrogen and oxygen atoms in total. The van der Waals surface area contributed by atoms with Gasteiger partial charge < -0.3 is 0 Å². The highest BCUT2D eigenvalue weighted by molar-refractivity contribution is 5.81. The molecule has 0 radical (unpaired) electrons. The van der Waals surface area contributed by atoms with Crippen LogP contribution < -0.4 is 0 Å². The van der Waals surface area contributed by atoms with Crippen molar-refractivity contribution in [2.75, 3.05) is 0 Å². The molecule has 0 bridgehead atoms. The van der Waals surface area contributed by atoms with Gasteiger partial charge in [0.2, 0.25) is 0 Å². The summed E-state index contributed by atoms with van der Waals surface area (Å²) < 4.78 is 13.3.